The van der Waals surface area contributed by atoms with Gasteiger partial charge in [-0.3, -0.25) is 19.4 Å². The molecule has 2 atom stereocenters. The lowest BCUT2D eigenvalue weighted by Gasteiger charge is -2.51. The first kappa shape index (κ1) is 22.5. The van der Waals surface area contributed by atoms with E-state index in [1.165, 1.54) is 14.1 Å². The number of amides is 4. The molecule has 1 aliphatic heterocycles. The van der Waals surface area contributed by atoms with Gasteiger partial charge in [0, 0.05) is 31.5 Å². The van der Waals surface area contributed by atoms with Crippen LogP contribution in [0.5, 0.6) is 0 Å². The van der Waals surface area contributed by atoms with E-state index in [4.69, 9.17) is 4.74 Å². The molecule has 0 radical (unpaired) electrons. The Balaban J connectivity index is 2.06. The Hall–Kier alpha value is -3.74. The Morgan fingerprint density at radius 2 is 1.42 bits per heavy atom. The number of esters is 1. The predicted octanol–water partition coefficient (Wildman–Crippen LogP) is 3.48. The van der Waals surface area contributed by atoms with Crippen LogP contribution in [0.4, 0.5) is 4.79 Å². The van der Waals surface area contributed by atoms with E-state index in [0.29, 0.717) is 5.56 Å². The van der Waals surface area contributed by atoms with Gasteiger partial charge in [-0.05, 0) is 24.5 Å². The third-order valence-electron chi connectivity index (χ3n) is 6.63. The summed E-state index contributed by atoms with van der Waals surface area (Å²) in [5.41, 5.74) is -0.0458. The van der Waals surface area contributed by atoms with Crippen LogP contribution in [-0.4, -0.2) is 54.3 Å². The van der Waals surface area contributed by atoms with Gasteiger partial charge in [-0.2, -0.15) is 0 Å². The second-order valence-electron chi connectivity index (χ2n) is 8.30. The van der Waals surface area contributed by atoms with Crippen LogP contribution < -0.4 is 0 Å². The van der Waals surface area contributed by atoms with Crippen molar-refractivity contribution in [3.63, 3.8) is 0 Å². The summed E-state index contributed by atoms with van der Waals surface area (Å²) in [6, 6.07) is 17.6. The number of carbonyl (C=O) groups excluding carboxylic acids is 4. The first-order valence-corrected chi connectivity index (χ1v) is 10.9. The highest BCUT2D eigenvalue weighted by molar-refractivity contribution is 6.21. The fourth-order valence-corrected chi connectivity index (χ4v) is 5.17. The molecule has 7 nitrogen and oxygen atoms in total. The number of allylic oxidation sites excluding steroid dienone is 1. The molecular formula is C26H26N2O5. The largest absolute Gasteiger partial charge is 0.463 e. The Labute approximate surface area is 192 Å². The summed E-state index contributed by atoms with van der Waals surface area (Å²) < 4.78 is 5.33. The molecule has 1 heterocycles. The van der Waals surface area contributed by atoms with E-state index in [1.807, 2.05) is 36.4 Å². The molecule has 33 heavy (non-hydrogen) atoms. The quantitative estimate of drug-likeness (QED) is 0.530. The van der Waals surface area contributed by atoms with Crippen LogP contribution in [0.3, 0.4) is 0 Å². The Morgan fingerprint density at radius 1 is 0.909 bits per heavy atom. The summed E-state index contributed by atoms with van der Waals surface area (Å²) >= 11 is 0. The lowest BCUT2D eigenvalue weighted by Crippen LogP contribution is -2.67. The number of imide groups is 2. The maximum atomic E-state index is 14.0. The van der Waals surface area contributed by atoms with Crippen molar-refractivity contribution in [2.75, 3.05) is 20.7 Å². The van der Waals surface area contributed by atoms with Gasteiger partial charge in [0.2, 0.25) is 11.8 Å². The molecule has 1 fully saturated rings. The van der Waals surface area contributed by atoms with Gasteiger partial charge in [-0.15, -0.1) is 0 Å². The van der Waals surface area contributed by atoms with E-state index in [-0.39, 0.29) is 18.6 Å². The van der Waals surface area contributed by atoms with Crippen LogP contribution in [-0.2, 0) is 19.1 Å². The zero-order chi connectivity index (χ0) is 23.8. The van der Waals surface area contributed by atoms with E-state index in [9.17, 15) is 19.2 Å². The van der Waals surface area contributed by atoms with E-state index in [2.05, 4.69) is 0 Å². The van der Waals surface area contributed by atoms with Gasteiger partial charge in [0.25, 0.3) is 0 Å². The molecule has 1 aliphatic carbocycles. The summed E-state index contributed by atoms with van der Waals surface area (Å²) in [6.45, 7) is 1.87. The van der Waals surface area contributed by atoms with E-state index in [1.54, 1.807) is 37.3 Å². The van der Waals surface area contributed by atoms with Gasteiger partial charge in [-0.1, -0.05) is 66.7 Å². The van der Waals surface area contributed by atoms with Crippen LogP contribution in [0.15, 0.2) is 72.3 Å². The van der Waals surface area contributed by atoms with Gasteiger partial charge in [-0.25, -0.2) is 9.59 Å². The Bertz CT molecular complexity index is 1100. The number of rotatable bonds is 4. The van der Waals surface area contributed by atoms with Gasteiger partial charge in [0.1, 0.15) is 5.41 Å². The SMILES string of the molecule is CCOC(=O)C1=CC[C@@H](c2ccccc2)C2(C(=O)N(C)C(=O)N(C)C2=O)[C@H]1c1ccccc1. The van der Waals surface area contributed by atoms with Gasteiger partial charge < -0.3 is 4.74 Å². The van der Waals surface area contributed by atoms with E-state index >= 15 is 0 Å². The molecule has 170 valence electrons. The smallest absolute Gasteiger partial charge is 0.334 e. The Morgan fingerprint density at radius 3 is 1.94 bits per heavy atom. The zero-order valence-electron chi connectivity index (χ0n) is 18.9. The third kappa shape index (κ3) is 3.35. The Kier molecular flexibility index (Phi) is 5.89. The number of hydrogen-bond acceptors (Lipinski definition) is 5. The summed E-state index contributed by atoms with van der Waals surface area (Å²) in [4.78, 5) is 55.8. The summed E-state index contributed by atoms with van der Waals surface area (Å²) in [5, 5.41) is 0. The fourth-order valence-electron chi connectivity index (χ4n) is 5.17. The minimum Gasteiger partial charge on any atom is -0.463 e. The second kappa shape index (κ2) is 8.65. The highest BCUT2D eigenvalue weighted by Gasteiger charge is 2.66. The number of hydrogen-bond donors (Lipinski definition) is 0. The number of ether oxygens (including phenoxy) is 1. The standard InChI is InChI=1S/C26H26N2O5/c1-4-33-22(29)19-15-16-20(17-11-7-5-8-12-17)26(21(19)18-13-9-6-10-14-18)23(30)27(2)25(32)28(3)24(26)31/h5-15,20-21H,4,16H2,1-3H3/t20-,21-/m0/s1. The molecule has 2 aliphatic rings. The average Bonchev–Trinajstić information content (AvgIpc) is 2.85. The average molecular weight is 447 g/mol. The number of barbiturate groups is 1. The normalized spacial score (nSPS) is 22.4. The van der Waals surface area contributed by atoms with Crippen molar-refractivity contribution in [2.45, 2.75) is 25.2 Å². The second-order valence-corrected chi connectivity index (χ2v) is 8.30. The molecule has 0 N–H and O–H groups in total. The summed E-state index contributed by atoms with van der Waals surface area (Å²) in [6.07, 6.45) is 2.05. The van der Waals surface area contributed by atoms with Crippen molar-refractivity contribution in [1.29, 1.82) is 0 Å². The molecule has 0 unspecified atom stereocenters. The third-order valence-corrected chi connectivity index (χ3v) is 6.63. The van der Waals surface area contributed by atoms with E-state index in [0.717, 1.165) is 15.4 Å². The number of nitrogens with zero attached hydrogens (tertiary/aromatic N) is 2. The van der Waals surface area contributed by atoms with Crippen molar-refractivity contribution in [2.24, 2.45) is 5.41 Å². The molecule has 1 saturated heterocycles. The zero-order valence-corrected chi connectivity index (χ0v) is 18.9. The van der Waals surface area contributed by atoms with Crippen LogP contribution in [0.2, 0.25) is 0 Å². The van der Waals surface area contributed by atoms with Crippen LogP contribution in [0.1, 0.15) is 36.3 Å². The number of benzene rings is 2. The highest BCUT2D eigenvalue weighted by atomic mass is 16.5. The molecule has 0 bridgehead atoms. The van der Waals surface area contributed by atoms with Crippen molar-refractivity contribution in [3.05, 3.63) is 83.4 Å². The molecule has 0 aromatic heterocycles. The molecule has 4 rings (SSSR count). The lowest BCUT2D eigenvalue weighted by molar-refractivity contribution is -0.161. The molecule has 4 amide bonds. The molecule has 2 aromatic carbocycles. The first-order valence-electron chi connectivity index (χ1n) is 10.9. The van der Waals surface area contributed by atoms with Crippen LogP contribution >= 0.6 is 0 Å². The molecule has 7 heteroatoms. The minimum absolute atomic E-state index is 0.160. The molecular weight excluding hydrogens is 420 g/mol. The predicted molar refractivity (Wildman–Crippen MR) is 121 cm³/mol. The van der Waals surface area contributed by atoms with Crippen molar-refractivity contribution in [3.8, 4) is 0 Å². The van der Waals surface area contributed by atoms with Crippen LogP contribution in [0.25, 0.3) is 0 Å². The number of urea groups is 1. The van der Waals surface area contributed by atoms with Crippen molar-refractivity contribution in [1.82, 2.24) is 9.80 Å². The molecule has 0 saturated carbocycles. The maximum absolute atomic E-state index is 14.0. The minimum atomic E-state index is -1.73. The van der Waals surface area contributed by atoms with Gasteiger partial charge in [0.15, 0.2) is 0 Å². The van der Waals surface area contributed by atoms with Gasteiger partial charge >= 0.3 is 12.0 Å². The highest BCUT2D eigenvalue weighted by Crippen LogP contribution is 2.58. The number of carbonyl (C=O) groups is 4. The fraction of sp³-hybridized carbons (Fsp3) is 0.308. The van der Waals surface area contributed by atoms with E-state index < -0.39 is 41.1 Å². The lowest BCUT2D eigenvalue weighted by atomic mass is 9.54. The first-order chi connectivity index (χ1) is 15.9. The summed E-state index contributed by atoms with van der Waals surface area (Å²) in [7, 11) is 2.75. The monoisotopic (exact) mass is 446 g/mol. The molecule has 1 spiro atoms. The van der Waals surface area contributed by atoms with Crippen LogP contribution in [0, 0.1) is 5.41 Å². The summed E-state index contributed by atoms with van der Waals surface area (Å²) in [5.74, 6) is -3.31. The molecule has 2 aromatic rings. The maximum Gasteiger partial charge on any atom is 0.334 e. The van der Waals surface area contributed by atoms with Crippen molar-refractivity contribution >= 4 is 23.8 Å². The van der Waals surface area contributed by atoms with Gasteiger partial charge in [0.05, 0.1) is 6.61 Å². The van der Waals surface area contributed by atoms with Crippen molar-refractivity contribution < 1.29 is 23.9 Å². The topological polar surface area (TPSA) is 84.0 Å².